The maximum atomic E-state index is 13.3. The first-order chi connectivity index (χ1) is 17.0. The highest BCUT2D eigenvalue weighted by Gasteiger charge is 2.44. The number of ether oxygens (including phenoxy) is 2. The van der Waals surface area contributed by atoms with Crippen molar-refractivity contribution in [1.29, 1.82) is 0 Å². The number of benzene rings is 1. The van der Waals surface area contributed by atoms with Crippen LogP contribution < -0.4 is 5.32 Å². The molecule has 12 heteroatoms. The largest absolute Gasteiger partial charge is 0.480 e. The molecule has 1 aliphatic heterocycles. The molecule has 0 aromatic heterocycles. The Balaban J connectivity index is 2.73. The van der Waals surface area contributed by atoms with Crippen LogP contribution in [0.2, 0.25) is 0 Å². The highest BCUT2D eigenvalue weighted by Crippen LogP contribution is 2.45. The van der Waals surface area contributed by atoms with Crippen LogP contribution in [0, 0.1) is 10.1 Å². The lowest BCUT2D eigenvalue weighted by molar-refractivity contribution is -0.385. The molecule has 0 saturated carbocycles. The number of nitro benzene ring substituents is 1. The second-order valence-electron chi connectivity index (χ2n) is 8.02. The van der Waals surface area contributed by atoms with E-state index in [1.807, 2.05) is 0 Å². The Morgan fingerprint density at radius 2 is 1.61 bits per heavy atom. The van der Waals surface area contributed by atoms with Gasteiger partial charge in [0, 0.05) is 23.0 Å². The number of esters is 2. The maximum Gasteiger partial charge on any atom is 0.336 e. The van der Waals surface area contributed by atoms with E-state index in [2.05, 4.69) is 5.32 Å². The number of carboxylic acids is 1. The van der Waals surface area contributed by atoms with E-state index in [0.717, 1.165) is 19.1 Å². The van der Waals surface area contributed by atoms with Crippen LogP contribution in [0.15, 0.2) is 46.8 Å². The van der Waals surface area contributed by atoms with E-state index in [0.29, 0.717) is 6.42 Å². The molecule has 2 rings (SSSR count). The molecule has 12 nitrogen and oxygen atoms in total. The van der Waals surface area contributed by atoms with Crippen molar-refractivity contribution in [1.82, 2.24) is 10.2 Å². The second kappa shape index (κ2) is 12.1. The van der Waals surface area contributed by atoms with Gasteiger partial charge in [0.05, 0.1) is 42.8 Å². The van der Waals surface area contributed by atoms with Gasteiger partial charge in [-0.25, -0.2) is 9.59 Å². The molecule has 2 N–H and O–H groups in total. The van der Waals surface area contributed by atoms with E-state index in [1.165, 1.54) is 38.1 Å². The summed E-state index contributed by atoms with van der Waals surface area (Å²) in [5, 5.41) is 23.8. The van der Waals surface area contributed by atoms with Gasteiger partial charge < -0.3 is 14.6 Å². The van der Waals surface area contributed by atoms with Gasteiger partial charge in [0.25, 0.3) is 5.69 Å². The lowest BCUT2D eigenvalue weighted by Gasteiger charge is -2.36. The molecule has 194 valence electrons. The first-order valence-electron chi connectivity index (χ1n) is 11.1. The summed E-state index contributed by atoms with van der Waals surface area (Å²) in [5.41, 5.74) is -0.435. The molecule has 1 aromatic rings. The smallest absolute Gasteiger partial charge is 0.336 e. The number of nitrogens with zero attached hydrogens (tertiary/aromatic N) is 2. The number of nitro groups is 1. The summed E-state index contributed by atoms with van der Waals surface area (Å²) < 4.78 is 9.85. The number of allylic oxidation sites excluding steroid dienone is 2. The number of para-hydroxylation sites is 1. The van der Waals surface area contributed by atoms with Crippen molar-refractivity contribution in [3.63, 3.8) is 0 Å². The number of nitrogens with one attached hydrogen (secondary N) is 1. The number of hydrogen-bond acceptors (Lipinski definition) is 9. The normalized spacial score (nSPS) is 15.0. The van der Waals surface area contributed by atoms with Crippen molar-refractivity contribution in [2.24, 2.45) is 0 Å². The highest BCUT2D eigenvalue weighted by molar-refractivity contribution is 6.02. The topological polar surface area (TPSA) is 165 Å². The zero-order valence-corrected chi connectivity index (χ0v) is 20.7. The maximum absolute atomic E-state index is 13.3. The van der Waals surface area contributed by atoms with E-state index in [9.17, 15) is 34.4 Å². The molecule has 0 saturated heterocycles. The van der Waals surface area contributed by atoms with Gasteiger partial charge in [0.15, 0.2) is 0 Å². The fourth-order valence-corrected chi connectivity index (χ4v) is 4.28. The van der Waals surface area contributed by atoms with Crippen molar-refractivity contribution in [3.8, 4) is 0 Å². The van der Waals surface area contributed by atoms with Crippen LogP contribution in [0.1, 0.15) is 45.1 Å². The molecule has 0 aliphatic carbocycles. The van der Waals surface area contributed by atoms with Crippen molar-refractivity contribution in [3.05, 3.63) is 62.5 Å². The van der Waals surface area contributed by atoms with Gasteiger partial charge in [-0.15, -0.1) is 0 Å². The molecule has 1 atom stereocenters. The quantitative estimate of drug-likeness (QED) is 0.275. The third kappa shape index (κ3) is 5.60. The van der Waals surface area contributed by atoms with Crippen molar-refractivity contribution in [2.45, 2.75) is 45.6 Å². The van der Waals surface area contributed by atoms with Gasteiger partial charge in [0.2, 0.25) is 5.91 Å². The third-order valence-corrected chi connectivity index (χ3v) is 5.91. The molecule has 1 aliphatic rings. The van der Waals surface area contributed by atoms with E-state index < -0.39 is 47.2 Å². The Hall–Kier alpha value is -4.06. The van der Waals surface area contributed by atoms with Gasteiger partial charge in [-0.05, 0) is 20.3 Å². The average Bonchev–Trinajstić information content (AvgIpc) is 2.85. The minimum atomic E-state index is -1.25. The summed E-state index contributed by atoms with van der Waals surface area (Å²) in [4.78, 5) is 62.9. The number of amides is 1. The van der Waals surface area contributed by atoms with E-state index >= 15 is 0 Å². The van der Waals surface area contributed by atoms with E-state index in [4.69, 9.17) is 9.47 Å². The molecule has 0 bridgehead atoms. The van der Waals surface area contributed by atoms with Gasteiger partial charge in [0.1, 0.15) is 6.04 Å². The van der Waals surface area contributed by atoms with Gasteiger partial charge in [-0.2, -0.15) is 0 Å². The van der Waals surface area contributed by atoms with Crippen molar-refractivity contribution in [2.75, 3.05) is 20.8 Å². The number of aliphatic carboxylic acids is 1. The standard InChI is InChI=1S/C24H29N3O9/c1-6-9-16(22(29)30)25-12-18(28)26-13(2)19(23(31)35-4)21(20(14(26)3)24(32)36-5)15-10-7-8-11-17(15)27(33)34/h7-8,10-11,16,21,25H,6,9,12H2,1-5H3,(H,29,30). The molecule has 0 fully saturated rings. The molecule has 1 aromatic carbocycles. The fourth-order valence-electron chi connectivity index (χ4n) is 4.28. The summed E-state index contributed by atoms with van der Waals surface area (Å²) in [6.07, 6.45) is 0.850. The van der Waals surface area contributed by atoms with Crippen LogP contribution >= 0.6 is 0 Å². The van der Waals surface area contributed by atoms with E-state index in [1.54, 1.807) is 6.92 Å². The van der Waals surface area contributed by atoms with Gasteiger partial charge in [-0.3, -0.25) is 29.9 Å². The SMILES string of the molecule is CCCC(NCC(=O)N1C(C)=C(C(=O)OC)C(c2ccccc2[N+](=O)[O-])C(C(=O)OC)=C1C)C(=O)O. The van der Waals surface area contributed by atoms with Crippen LogP contribution in [0.5, 0.6) is 0 Å². The molecule has 0 spiro atoms. The zero-order valence-electron chi connectivity index (χ0n) is 20.7. The third-order valence-electron chi connectivity index (χ3n) is 5.91. The predicted octanol–water partition coefficient (Wildman–Crippen LogP) is 2.26. The molecular formula is C24H29N3O9. The van der Waals surface area contributed by atoms with Gasteiger partial charge >= 0.3 is 17.9 Å². The predicted molar refractivity (Wildman–Crippen MR) is 126 cm³/mol. The Bertz CT molecular complexity index is 1100. The minimum Gasteiger partial charge on any atom is -0.480 e. The first-order valence-corrected chi connectivity index (χ1v) is 11.1. The molecule has 36 heavy (non-hydrogen) atoms. The Kier molecular flexibility index (Phi) is 9.45. The average molecular weight is 504 g/mol. The lowest BCUT2D eigenvalue weighted by atomic mass is 9.79. The summed E-state index contributed by atoms with van der Waals surface area (Å²) in [7, 11) is 2.22. The number of methoxy groups -OCH3 is 2. The number of carboxylic acid groups (broad SMARTS) is 1. The van der Waals surface area contributed by atoms with Crippen LogP contribution in [0.4, 0.5) is 5.69 Å². The molecule has 1 amide bonds. The van der Waals surface area contributed by atoms with Crippen LogP contribution in [0.3, 0.4) is 0 Å². The van der Waals surface area contributed by atoms with Crippen molar-refractivity contribution < 1.29 is 38.7 Å². The Labute approximate surface area is 207 Å². The van der Waals surface area contributed by atoms with Crippen LogP contribution in [-0.4, -0.2) is 65.6 Å². The zero-order chi connectivity index (χ0) is 27.2. The molecule has 1 heterocycles. The molecule has 0 radical (unpaired) electrons. The molecule has 1 unspecified atom stereocenters. The summed E-state index contributed by atoms with van der Waals surface area (Å²) >= 11 is 0. The lowest BCUT2D eigenvalue weighted by Crippen LogP contribution is -2.46. The number of hydrogen-bond donors (Lipinski definition) is 2. The summed E-state index contributed by atoms with van der Waals surface area (Å²) in [6.45, 7) is 4.29. The molecular weight excluding hydrogens is 474 g/mol. The van der Waals surface area contributed by atoms with Gasteiger partial charge in [-0.1, -0.05) is 31.5 Å². The second-order valence-corrected chi connectivity index (χ2v) is 8.02. The minimum absolute atomic E-state index is 0.0427. The first kappa shape index (κ1) is 28.2. The fraction of sp³-hybridized carbons (Fsp3) is 0.417. The number of carbonyl (C=O) groups excluding carboxylic acids is 3. The summed E-state index contributed by atoms with van der Waals surface area (Å²) in [6, 6.07) is 4.65. The van der Waals surface area contributed by atoms with Crippen LogP contribution in [0.25, 0.3) is 0 Å². The number of rotatable bonds is 10. The Morgan fingerprint density at radius 3 is 2.06 bits per heavy atom. The monoisotopic (exact) mass is 503 g/mol. The Morgan fingerprint density at radius 1 is 1.08 bits per heavy atom. The van der Waals surface area contributed by atoms with Crippen LogP contribution in [-0.2, 0) is 28.7 Å². The summed E-state index contributed by atoms with van der Waals surface area (Å²) in [5.74, 6) is -4.81. The number of carbonyl (C=O) groups is 4. The highest BCUT2D eigenvalue weighted by atomic mass is 16.6. The van der Waals surface area contributed by atoms with Crippen molar-refractivity contribution >= 4 is 29.5 Å². The van der Waals surface area contributed by atoms with E-state index in [-0.39, 0.29) is 40.2 Å².